The molecule has 190 valence electrons. The van der Waals surface area contributed by atoms with Crippen molar-refractivity contribution in [2.75, 3.05) is 18.1 Å². The van der Waals surface area contributed by atoms with Crippen LogP contribution in [0.15, 0.2) is 80.4 Å². The number of anilines is 1. The first-order valence-electron chi connectivity index (χ1n) is 12.6. The molecule has 0 fully saturated rings. The summed E-state index contributed by atoms with van der Waals surface area (Å²) in [4.78, 5) is 29.1. The molecule has 0 saturated heterocycles. The topological polar surface area (TPSA) is 69.0 Å². The van der Waals surface area contributed by atoms with Crippen molar-refractivity contribution in [2.24, 2.45) is 0 Å². The van der Waals surface area contributed by atoms with Gasteiger partial charge in [-0.2, -0.15) is 0 Å². The Morgan fingerprint density at radius 3 is 2.46 bits per heavy atom. The number of fused-ring (bicyclic) bond motifs is 2. The zero-order valence-electron chi connectivity index (χ0n) is 20.8. The summed E-state index contributed by atoms with van der Waals surface area (Å²) < 4.78 is 18.9. The molecule has 2 heterocycles. The molecule has 1 aromatic heterocycles. The van der Waals surface area contributed by atoms with Gasteiger partial charge in [-0.15, -0.1) is 0 Å². The van der Waals surface area contributed by atoms with E-state index in [0.717, 1.165) is 29.3 Å². The Morgan fingerprint density at radius 2 is 1.70 bits per heavy atom. The third kappa shape index (κ3) is 4.76. The number of carbonyl (C=O) groups excluding carboxylic acids is 1. The monoisotopic (exact) mass is 561 g/mol. The molecular weight excluding hydrogens is 534 g/mol. The van der Waals surface area contributed by atoms with E-state index in [1.54, 1.807) is 29.2 Å². The van der Waals surface area contributed by atoms with Gasteiger partial charge in [0, 0.05) is 10.2 Å². The summed E-state index contributed by atoms with van der Waals surface area (Å²) in [7, 11) is 0. The quantitative estimate of drug-likeness (QED) is 0.201. The SMILES string of the molecule is CCCCCOc1ccc(C2c3c(oc4ccccc4c3=O)C(=O)N2c2ccc(Br)cc2)cc1OCC. The number of para-hydroxylation sites is 1. The van der Waals surface area contributed by atoms with Crippen LogP contribution in [0.3, 0.4) is 0 Å². The third-order valence-corrected chi connectivity index (χ3v) is 7.00. The molecule has 0 bridgehead atoms. The highest BCUT2D eigenvalue weighted by molar-refractivity contribution is 9.10. The number of benzene rings is 3. The fourth-order valence-electron chi connectivity index (χ4n) is 4.72. The van der Waals surface area contributed by atoms with Crippen LogP contribution < -0.4 is 19.8 Å². The normalized spacial score (nSPS) is 14.7. The van der Waals surface area contributed by atoms with Crippen molar-refractivity contribution in [3.8, 4) is 11.5 Å². The summed E-state index contributed by atoms with van der Waals surface area (Å²) in [6, 6.07) is 19.4. The summed E-state index contributed by atoms with van der Waals surface area (Å²) in [6.45, 7) is 5.12. The highest BCUT2D eigenvalue weighted by atomic mass is 79.9. The number of hydrogen-bond donors (Lipinski definition) is 0. The van der Waals surface area contributed by atoms with Crippen LogP contribution in [0.1, 0.15) is 60.8 Å². The molecule has 7 heteroatoms. The maximum atomic E-state index is 13.8. The van der Waals surface area contributed by atoms with Crippen molar-refractivity contribution in [1.29, 1.82) is 0 Å². The van der Waals surface area contributed by atoms with Gasteiger partial charge in [0.25, 0.3) is 5.91 Å². The molecule has 37 heavy (non-hydrogen) atoms. The zero-order valence-corrected chi connectivity index (χ0v) is 22.4. The molecule has 1 aliphatic heterocycles. The van der Waals surface area contributed by atoms with Crippen molar-refractivity contribution in [3.05, 3.63) is 98.3 Å². The van der Waals surface area contributed by atoms with Crippen molar-refractivity contribution >= 4 is 38.5 Å². The molecule has 0 N–H and O–H groups in total. The highest BCUT2D eigenvalue weighted by Crippen LogP contribution is 2.43. The lowest BCUT2D eigenvalue weighted by molar-refractivity contribution is 0.0971. The van der Waals surface area contributed by atoms with Gasteiger partial charge in [-0.25, -0.2) is 0 Å². The minimum Gasteiger partial charge on any atom is -0.490 e. The first-order chi connectivity index (χ1) is 18.0. The van der Waals surface area contributed by atoms with Crippen LogP contribution in [0.2, 0.25) is 0 Å². The predicted molar refractivity (Wildman–Crippen MR) is 148 cm³/mol. The van der Waals surface area contributed by atoms with Gasteiger partial charge in [0.2, 0.25) is 5.76 Å². The Labute approximate surface area is 223 Å². The molecular formula is C30H28BrNO5. The van der Waals surface area contributed by atoms with E-state index in [9.17, 15) is 9.59 Å². The lowest BCUT2D eigenvalue weighted by Gasteiger charge is -2.26. The number of amides is 1. The van der Waals surface area contributed by atoms with Crippen LogP contribution in [-0.4, -0.2) is 19.1 Å². The number of ether oxygens (including phenoxy) is 2. The van der Waals surface area contributed by atoms with Gasteiger partial charge in [0.15, 0.2) is 16.9 Å². The molecule has 1 atom stereocenters. The predicted octanol–water partition coefficient (Wildman–Crippen LogP) is 7.27. The molecule has 4 aromatic rings. The lowest BCUT2D eigenvalue weighted by atomic mass is 9.97. The van der Waals surface area contributed by atoms with Crippen LogP contribution in [0.25, 0.3) is 11.0 Å². The number of halogens is 1. The zero-order chi connectivity index (χ0) is 25.9. The van der Waals surface area contributed by atoms with E-state index in [2.05, 4.69) is 22.9 Å². The number of carbonyl (C=O) groups is 1. The Bertz CT molecular complexity index is 1490. The van der Waals surface area contributed by atoms with Crippen molar-refractivity contribution in [1.82, 2.24) is 0 Å². The van der Waals surface area contributed by atoms with Crippen LogP contribution in [0.5, 0.6) is 11.5 Å². The van der Waals surface area contributed by atoms with Gasteiger partial charge in [-0.3, -0.25) is 14.5 Å². The van der Waals surface area contributed by atoms with Crippen molar-refractivity contribution < 1.29 is 18.7 Å². The molecule has 5 rings (SSSR count). The Kier molecular flexibility index (Phi) is 7.33. The third-order valence-electron chi connectivity index (χ3n) is 6.47. The number of rotatable bonds is 9. The second-order valence-electron chi connectivity index (χ2n) is 8.92. The van der Waals surface area contributed by atoms with E-state index < -0.39 is 6.04 Å². The van der Waals surface area contributed by atoms with Gasteiger partial charge in [0.05, 0.1) is 30.2 Å². The molecule has 1 aliphatic rings. The summed E-state index contributed by atoms with van der Waals surface area (Å²) in [5.41, 5.74) is 1.90. The average molecular weight is 562 g/mol. The van der Waals surface area contributed by atoms with E-state index in [-0.39, 0.29) is 17.1 Å². The highest BCUT2D eigenvalue weighted by Gasteiger charge is 2.44. The van der Waals surface area contributed by atoms with Crippen LogP contribution in [0, 0.1) is 0 Å². The van der Waals surface area contributed by atoms with Gasteiger partial charge < -0.3 is 13.9 Å². The fourth-order valence-corrected chi connectivity index (χ4v) is 4.98. The molecule has 3 aromatic carbocycles. The van der Waals surface area contributed by atoms with Crippen molar-refractivity contribution in [2.45, 2.75) is 39.2 Å². The smallest absolute Gasteiger partial charge is 0.295 e. The number of nitrogens with zero attached hydrogens (tertiary/aromatic N) is 1. The maximum Gasteiger partial charge on any atom is 0.295 e. The van der Waals surface area contributed by atoms with E-state index in [0.29, 0.717) is 46.9 Å². The largest absolute Gasteiger partial charge is 0.490 e. The summed E-state index contributed by atoms with van der Waals surface area (Å²) in [5, 5.41) is 0.442. The van der Waals surface area contributed by atoms with Crippen LogP contribution >= 0.6 is 15.9 Å². The Morgan fingerprint density at radius 1 is 0.919 bits per heavy atom. The van der Waals surface area contributed by atoms with E-state index in [4.69, 9.17) is 13.9 Å². The Balaban J connectivity index is 1.66. The first kappa shape index (κ1) is 25.1. The molecule has 0 radical (unpaired) electrons. The molecule has 0 spiro atoms. The standard InChI is InChI=1S/C30H28BrNO5/c1-3-5-8-17-36-24-16-11-19(18-25(24)35-4-2)27-26-28(33)22-9-6-7-10-23(22)37-29(26)30(34)32(27)21-14-12-20(31)13-15-21/h6-7,9-16,18,27H,3-5,8,17H2,1-2H3. The first-order valence-corrected chi connectivity index (χ1v) is 13.4. The molecule has 6 nitrogen and oxygen atoms in total. The number of hydrogen-bond acceptors (Lipinski definition) is 5. The molecule has 1 amide bonds. The Hall–Kier alpha value is -3.58. The molecule has 0 aliphatic carbocycles. The van der Waals surface area contributed by atoms with E-state index in [1.165, 1.54) is 0 Å². The molecule has 0 saturated carbocycles. The number of unbranched alkanes of at least 4 members (excludes halogenated alkanes) is 2. The van der Waals surface area contributed by atoms with Gasteiger partial charge in [0.1, 0.15) is 5.58 Å². The minimum atomic E-state index is -0.683. The summed E-state index contributed by atoms with van der Waals surface area (Å²) in [6.07, 6.45) is 3.16. The molecule has 1 unspecified atom stereocenters. The van der Waals surface area contributed by atoms with Crippen LogP contribution in [0.4, 0.5) is 5.69 Å². The summed E-state index contributed by atoms with van der Waals surface area (Å²) >= 11 is 3.46. The van der Waals surface area contributed by atoms with Crippen molar-refractivity contribution in [3.63, 3.8) is 0 Å². The van der Waals surface area contributed by atoms with E-state index >= 15 is 0 Å². The maximum absolute atomic E-state index is 13.8. The van der Waals surface area contributed by atoms with Gasteiger partial charge in [-0.1, -0.05) is 53.9 Å². The fraction of sp³-hybridized carbons (Fsp3) is 0.267. The second kappa shape index (κ2) is 10.8. The average Bonchev–Trinajstić information content (AvgIpc) is 3.20. The summed E-state index contributed by atoms with van der Waals surface area (Å²) in [5.74, 6) is 0.933. The lowest BCUT2D eigenvalue weighted by Crippen LogP contribution is -2.29. The van der Waals surface area contributed by atoms with Crippen LogP contribution in [-0.2, 0) is 0 Å². The van der Waals surface area contributed by atoms with Gasteiger partial charge >= 0.3 is 0 Å². The van der Waals surface area contributed by atoms with Gasteiger partial charge in [-0.05, 0) is 67.4 Å². The second-order valence-corrected chi connectivity index (χ2v) is 9.83. The van der Waals surface area contributed by atoms with E-state index in [1.807, 2.05) is 49.4 Å². The minimum absolute atomic E-state index is 0.0643.